The summed E-state index contributed by atoms with van der Waals surface area (Å²) in [7, 11) is 0. The largest absolute Gasteiger partial charge is 0.320 e. The number of aromatic nitrogens is 1. The normalized spacial score (nSPS) is 19.6. The monoisotopic (exact) mass is 289 g/mol. The summed E-state index contributed by atoms with van der Waals surface area (Å²) < 4.78 is 0. The Kier molecular flexibility index (Phi) is 5.56. The number of nitrogens with zero attached hydrogens (tertiary/aromatic N) is 1. The first-order valence-corrected chi connectivity index (χ1v) is 6.96. The number of nitrogens with two attached hydrogens (primary N) is 1. The third kappa shape index (κ3) is 3.43. The number of halogens is 1. The van der Waals surface area contributed by atoms with Crippen molar-refractivity contribution in [2.45, 2.75) is 45.6 Å². The van der Waals surface area contributed by atoms with Crippen LogP contribution in [0.25, 0.3) is 0 Å². The molecule has 2 atom stereocenters. The Balaban J connectivity index is 0.00000162. The van der Waals surface area contributed by atoms with Crippen LogP contribution in [-0.4, -0.2) is 16.9 Å². The molecule has 18 heavy (non-hydrogen) atoms. The number of amides is 1. The maximum Gasteiger partial charge on any atom is 0.242 e. The molecule has 6 heteroatoms. The summed E-state index contributed by atoms with van der Waals surface area (Å²) in [4.78, 5) is 17.3. The fraction of sp³-hybridized carbons (Fsp3) is 0.667. The van der Waals surface area contributed by atoms with Gasteiger partial charge in [0.25, 0.3) is 0 Å². The highest BCUT2D eigenvalue weighted by Crippen LogP contribution is 2.33. The first-order valence-electron chi connectivity index (χ1n) is 6.15. The van der Waals surface area contributed by atoms with Crippen LogP contribution in [0.15, 0.2) is 0 Å². The third-order valence-electron chi connectivity index (χ3n) is 3.26. The van der Waals surface area contributed by atoms with Crippen molar-refractivity contribution < 1.29 is 4.79 Å². The summed E-state index contributed by atoms with van der Waals surface area (Å²) in [6, 6.07) is -0.487. The maximum absolute atomic E-state index is 11.5. The fourth-order valence-corrected chi connectivity index (χ4v) is 3.19. The lowest BCUT2D eigenvalue weighted by atomic mass is 9.89. The summed E-state index contributed by atoms with van der Waals surface area (Å²) in [5.74, 6) is 0.614. The lowest BCUT2D eigenvalue weighted by molar-refractivity contribution is -0.117. The van der Waals surface area contributed by atoms with E-state index in [4.69, 9.17) is 5.73 Å². The van der Waals surface area contributed by atoms with Gasteiger partial charge in [0.05, 0.1) is 11.7 Å². The Bertz CT molecular complexity index is 419. The van der Waals surface area contributed by atoms with E-state index in [1.165, 1.54) is 23.4 Å². The summed E-state index contributed by atoms with van der Waals surface area (Å²) in [5.41, 5.74) is 6.68. The lowest BCUT2D eigenvalue weighted by Gasteiger charge is -2.18. The van der Waals surface area contributed by atoms with Gasteiger partial charge in [-0.15, -0.1) is 23.7 Å². The van der Waals surface area contributed by atoms with E-state index in [0.717, 1.165) is 18.8 Å². The van der Waals surface area contributed by atoms with Gasteiger partial charge in [0, 0.05) is 4.88 Å². The van der Waals surface area contributed by atoms with Crippen molar-refractivity contribution in [1.29, 1.82) is 0 Å². The predicted molar refractivity (Wildman–Crippen MR) is 77.4 cm³/mol. The fourth-order valence-electron chi connectivity index (χ4n) is 2.06. The molecule has 0 saturated carbocycles. The van der Waals surface area contributed by atoms with E-state index in [1.807, 2.05) is 0 Å². The van der Waals surface area contributed by atoms with Crippen LogP contribution in [0.3, 0.4) is 0 Å². The molecule has 1 amide bonds. The Morgan fingerprint density at radius 1 is 1.67 bits per heavy atom. The number of nitrogens with one attached hydrogen (secondary N) is 1. The number of aryl methyl sites for hydroxylation is 1. The number of thiazole rings is 1. The van der Waals surface area contributed by atoms with E-state index in [-0.39, 0.29) is 18.3 Å². The van der Waals surface area contributed by atoms with Crippen molar-refractivity contribution in [2.24, 2.45) is 11.7 Å². The minimum atomic E-state index is -0.487. The Morgan fingerprint density at radius 2 is 2.39 bits per heavy atom. The van der Waals surface area contributed by atoms with Crippen LogP contribution < -0.4 is 11.1 Å². The van der Waals surface area contributed by atoms with Crippen molar-refractivity contribution in [2.75, 3.05) is 5.32 Å². The first-order chi connectivity index (χ1) is 8.10. The number of carbonyl (C=O) groups is 1. The molecule has 0 saturated heterocycles. The van der Waals surface area contributed by atoms with E-state index in [0.29, 0.717) is 5.13 Å². The number of fused-ring (bicyclic) bond motifs is 1. The van der Waals surface area contributed by atoms with Crippen LogP contribution in [0.5, 0.6) is 0 Å². The molecule has 0 spiro atoms. The molecule has 2 rings (SSSR count). The van der Waals surface area contributed by atoms with Crippen LogP contribution in [0.2, 0.25) is 0 Å². The maximum atomic E-state index is 11.5. The molecule has 1 unspecified atom stereocenters. The van der Waals surface area contributed by atoms with Crippen LogP contribution in [0, 0.1) is 5.92 Å². The Morgan fingerprint density at radius 3 is 3.00 bits per heavy atom. The summed E-state index contributed by atoms with van der Waals surface area (Å²) in [6.07, 6.45) is 4.59. The van der Waals surface area contributed by atoms with Crippen molar-refractivity contribution in [3.63, 3.8) is 0 Å². The van der Waals surface area contributed by atoms with Gasteiger partial charge in [-0.3, -0.25) is 4.79 Å². The molecular formula is C12H20ClN3OS. The number of carbonyl (C=O) groups excluding carboxylic acids is 1. The van der Waals surface area contributed by atoms with Gasteiger partial charge in [0.1, 0.15) is 0 Å². The average Bonchev–Trinajstić information content (AvgIpc) is 2.69. The highest BCUT2D eigenvalue weighted by atomic mass is 35.5. The van der Waals surface area contributed by atoms with Crippen molar-refractivity contribution >= 4 is 34.8 Å². The van der Waals surface area contributed by atoms with Gasteiger partial charge in [0.2, 0.25) is 5.91 Å². The molecule has 0 fully saturated rings. The van der Waals surface area contributed by atoms with Gasteiger partial charge in [-0.05, 0) is 32.1 Å². The molecule has 0 aliphatic heterocycles. The minimum Gasteiger partial charge on any atom is -0.320 e. The molecule has 4 nitrogen and oxygen atoms in total. The van der Waals surface area contributed by atoms with E-state index in [1.54, 1.807) is 18.3 Å². The second-order valence-corrected chi connectivity index (χ2v) is 5.77. The van der Waals surface area contributed by atoms with Gasteiger partial charge in [-0.2, -0.15) is 0 Å². The molecule has 1 heterocycles. The Labute approximate surface area is 118 Å². The zero-order valence-corrected chi connectivity index (χ0v) is 12.4. The molecule has 0 radical (unpaired) electrons. The third-order valence-corrected chi connectivity index (χ3v) is 4.30. The van der Waals surface area contributed by atoms with Gasteiger partial charge in [0.15, 0.2) is 5.13 Å². The quantitative estimate of drug-likeness (QED) is 0.897. The highest BCUT2D eigenvalue weighted by molar-refractivity contribution is 7.15. The molecule has 0 bridgehead atoms. The number of hydrogen-bond acceptors (Lipinski definition) is 4. The lowest BCUT2D eigenvalue weighted by Crippen LogP contribution is -2.32. The van der Waals surface area contributed by atoms with Crippen LogP contribution in [-0.2, 0) is 17.6 Å². The second-order valence-electron chi connectivity index (χ2n) is 4.68. The molecule has 1 aliphatic carbocycles. The first kappa shape index (κ1) is 15.4. The molecule has 0 aromatic carbocycles. The molecule has 1 aliphatic rings. The topological polar surface area (TPSA) is 68.0 Å². The average molecular weight is 290 g/mol. The van der Waals surface area contributed by atoms with Crippen LogP contribution >= 0.6 is 23.7 Å². The highest BCUT2D eigenvalue weighted by Gasteiger charge is 2.22. The number of hydrogen-bond donors (Lipinski definition) is 2. The van der Waals surface area contributed by atoms with E-state index in [9.17, 15) is 4.79 Å². The molecule has 1 aromatic heterocycles. The molecule has 1 aromatic rings. The Hall–Kier alpha value is -0.650. The zero-order chi connectivity index (χ0) is 12.4. The number of anilines is 1. The summed E-state index contributed by atoms with van der Waals surface area (Å²) in [6.45, 7) is 3.91. The van der Waals surface area contributed by atoms with Gasteiger partial charge in [-0.25, -0.2) is 4.98 Å². The van der Waals surface area contributed by atoms with Gasteiger partial charge < -0.3 is 11.1 Å². The molecular weight excluding hydrogens is 270 g/mol. The summed E-state index contributed by atoms with van der Waals surface area (Å²) >= 11 is 1.60. The van der Waals surface area contributed by atoms with Crippen molar-refractivity contribution in [1.82, 2.24) is 4.98 Å². The predicted octanol–water partition coefficient (Wildman–Crippen LogP) is 2.37. The standard InChI is InChI=1S/C12H19N3OS.ClH/c1-3-8-4-5-9-10(6-8)17-12(14-9)15-11(16)7(2)13;/h7-8H,3-6,13H2,1-2H3,(H,14,15,16);1H/t7-,8?;/m1./s1. The number of rotatable bonds is 3. The minimum absolute atomic E-state index is 0. The van der Waals surface area contributed by atoms with E-state index >= 15 is 0 Å². The molecule has 3 N–H and O–H groups in total. The van der Waals surface area contributed by atoms with E-state index < -0.39 is 6.04 Å². The van der Waals surface area contributed by atoms with Gasteiger partial charge in [-0.1, -0.05) is 13.3 Å². The van der Waals surface area contributed by atoms with Crippen LogP contribution in [0.1, 0.15) is 37.3 Å². The van der Waals surface area contributed by atoms with Crippen molar-refractivity contribution in [3.05, 3.63) is 10.6 Å². The van der Waals surface area contributed by atoms with Gasteiger partial charge >= 0.3 is 0 Å². The van der Waals surface area contributed by atoms with Crippen molar-refractivity contribution in [3.8, 4) is 0 Å². The smallest absolute Gasteiger partial charge is 0.242 e. The SMILES string of the molecule is CCC1CCc2nc(NC(=O)[C@@H](C)N)sc2C1.Cl. The van der Waals surface area contributed by atoms with Crippen LogP contribution in [0.4, 0.5) is 5.13 Å². The molecule has 102 valence electrons. The zero-order valence-electron chi connectivity index (χ0n) is 10.7. The second kappa shape index (κ2) is 6.50. The summed E-state index contributed by atoms with van der Waals surface area (Å²) in [5, 5.41) is 3.48. The van der Waals surface area contributed by atoms with E-state index in [2.05, 4.69) is 17.2 Å².